The van der Waals surface area contributed by atoms with Crippen molar-refractivity contribution in [2.24, 2.45) is 5.92 Å². The maximum absolute atomic E-state index is 14.4. The van der Waals surface area contributed by atoms with E-state index in [1.807, 2.05) is 65.6 Å². The number of nitrogens with zero attached hydrogens (tertiary/aromatic N) is 4. The normalized spacial score (nSPS) is 20.5. The Bertz CT molecular complexity index is 1990. The molecule has 0 bridgehead atoms. The van der Waals surface area contributed by atoms with E-state index in [1.165, 1.54) is 5.56 Å². The average molecular weight is 687 g/mol. The summed E-state index contributed by atoms with van der Waals surface area (Å²) in [5.41, 5.74) is 4.34. The molecule has 7 rings (SSSR count). The number of amides is 1. The number of hydrogen-bond acceptors (Lipinski definition) is 6. The maximum atomic E-state index is 14.4. The topological polar surface area (TPSA) is 86.6 Å². The zero-order valence-corrected chi connectivity index (χ0v) is 30.6. The Labute approximate surface area is 295 Å². The first-order valence-corrected chi connectivity index (χ1v) is 20.6. The van der Waals surface area contributed by atoms with Crippen molar-refractivity contribution >= 4 is 37.0 Å². The van der Waals surface area contributed by atoms with Gasteiger partial charge in [-0.15, -0.1) is 0 Å². The molecular weight excluding hydrogens is 641 g/mol. The van der Waals surface area contributed by atoms with Crippen LogP contribution in [0.15, 0.2) is 104 Å². The number of aryl methyl sites for hydroxylation is 1. The van der Waals surface area contributed by atoms with Crippen molar-refractivity contribution in [1.82, 2.24) is 14.5 Å². The highest BCUT2D eigenvalue weighted by Gasteiger charge is 2.43. The summed E-state index contributed by atoms with van der Waals surface area (Å²) in [6, 6.07) is 28.9. The fourth-order valence-corrected chi connectivity index (χ4v) is 8.33. The van der Waals surface area contributed by atoms with Crippen LogP contribution in [0.5, 0.6) is 0 Å². The van der Waals surface area contributed by atoms with E-state index in [0.717, 1.165) is 35.9 Å². The van der Waals surface area contributed by atoms with Crippen LogP contribution in [0.1, 0.15) is 84.0 Å². The number of benzene rings is 3. The quantitative estimate of drug-likeness (QED) is 0.114. The van der Waals surface area contributed by atoms with Gasteiger partial charge in [0.1, 0.15) is 23.9 Å². The van der Waals surface area contributed by atoms with Crippen molar-refractivity contribution in [3.05, 3.63) is 126 Å². The minimum Gasteiger partial charge on any atom is -0.458 e. The number of carbonyl (C=O) groups is 2. The molecule has 0 saturated heterocycles. The van der Waals surface area contributed by atoms with Gasteiger partial charge in [0, 0.05) is 36.7 Å². The minimum atomic E-state index is -2.04. The number of anilines is 1. The Morgan fingerprint density at radius 3 is 2.28 bits per heavy atom. The van der Waals surface area contributed by atoms with Crippen LogP contribution in [0.4, 0.5) is 5.82 Å². The molecule has 1 fully saturated rings. The molecule has 0 radical (unpaired) electrons. The lowest BCUT2D eigenvalue weighted by Crippen LogP contribution is -2.42. The average Bonchev–Trinajstić information content (AvgIpc) is 3.85. The van der Waals surface area contributed by atoms with Crippen LogP contribution >= 0.6 is 0 Å². The van der Waals surface area contributed by atoms with Gasteiger partial charge in [-0.25, -0.2) is 14.8 Å². The van der Waals surface area contributed by atoms with Crippen LogP contribution in [0, 0.1) is 5.92 Å². The number of aromatic nitrogens is 3. The van der Waals surface area contributed by atoms with E-state index in [0.29, 0.717) is 30.0 Å². The van der Waals surface area contributed by atoms with E-state index in [4.69, 9.17) is 19.1 Å². The molecule has 2 aromatic heterocycles. The lowest BCUT2D eigenvalue weighted by atomic mass is 10.0. The second kappa shape index (κ2) is 13.6. The largest absolute Gasteiger partial charge is 0.458 e. The molecule has 0 N–H and O–H groups in total. The summed E-state index contributed by atoms with van der Waals surface area (Å²) in [6.07, 6.45) is 6.43. The van der Waals surface area contributed by atoms with E-state index in [2.05, 4.69) is 62.8 Å². The standard InChI is InChI=1S/C41H46N4O4Si/c1-41(2,3)50(4,5)48-26-31-24-32(25-36(31)49-40(47)30-17-10-7-11-18-30)44-23-22-34-37(44)42-27-43-38(34)45(39(46)29-15-8-6-9-16-29)35-21-20-28-14-12-13-19-33(28)35/h6-19,22-23,27,31-32,35-36H,20-21,24-26H2,1-5H3. The summed E-state index contributed by atoms with van der Waals surface area (Å²) in [4.78, 5) is 39.1. The van der Waals surface area contributed by atoms with E-state index >= 15 is 0 Å². The molecule has 9 heteroatoms. The third-order valence-electron chi connectivity index (χ3n) is 11.1. The molecule has 50 heavy (non-hydrogen) atoms. The molecule has 4 unspecified atom stereocenters. The van der Waals surface area contributed by atoms with E-state index < -0.39 is 8.32 Å². The van der Waals surface area contributed by atoms with Gasteiger partial charge in [-0.2, -0.15) is 0 Å². The number of esters is 1. The van der Waals surface area contributed by atoms with Gasteiger partial charge in [0.25, 0.3) is 5.91 Å². The second-order valence-corrected chi connectivity index (χ2v) is 20.0. The first kappa shape index (κ1) is 33.9. The lowest BCUT2D eigenvalue weighted by Gasteiger charge is -2.37. The summed E-state index contributed by atoms with van der Waals surface area (Å²) in [6.45, 7) is 11.8. The molecule has 1 amide bonds. The predicted octanol–water partition coefficient (Wildman–Crippen LogP) is 8.96. The van der Waals surface area contributed by atoms with Crippen molar-refractivity contribution in [2.45, 2.75) is 82.8 Å². The number of hydrogen-bond donors (Lipinski definition) is 0. The number of fused-ring (bicyclic) bond motifs is 2. The molecular formula is C41H46N4O4Si. The predicted molar refractivity (Wildman–Crippen MR) is 199 cm³/mol. The highest BCUT2D eigenvalue weighted by Crippen LogP contribution is 2.44. The summed E-state index contributed by atoms with van der Waals surface area (Å²) in [5, 5.41) is 0.883. The summed E-state index contributed by atoms with van der Waals surface area (Å²) in [7, 11) is -2.04. The Hall–Kier alpha value is -4.60. The van der Waals surface area contributed by atoms with Crippen molar-refractivity contribution in [3.63, 3.8) is 0 Å². The Morgan fingerprint density at radius 2 is 1.56 bits per heavy atom. The molecule has 0 aliphatic heterocycles. The Kier molecular flexibility index (Phi) is 9.22. The molecule has 2 aliphatic rings. The van der Waals surface area contributed by atoms with Crippen LogP contribution in [-0.4, -0.2) is 47.4 Å². The first-order chi connectivity index (χ1) is 24.0. The third-order valence-corrected chi connectivity index (χ3v) is 15.6. The van der Waals surface area contributed by atoms with Crippen LogP contribution < -0.4 is 4.90 Å². The molecule has 8 nitrogen and oxygen atoms in total. The first-order valence-electron chi connectivity index (χ1n) is 17.7. The van der Waals surface area contributed by atoms with Crippen molar-refractivity contribution in [3.8, 4) is 0 Å². The smallest absolute Gasteiger partial charge is 0.338 e. The van der Waals surface area contributed by atoms with E-state index in [1.54, 1.807) is 18.5 Å². The highest BCUT2D eigenvalue weighted by atomic mass is 28.4. The molecule has 0 spiro atoms. The van der Waals surface area contributed by atoms with E-state index in [9.17, 15) is 9.59 Å². The zero-order chi connectivity index (χ0) is 35.0. The van der Waals surface area contributed by atoms with Gasteiger partial charge in [-0.1, -0.05) is 81.4 Å². The molecule has 5 aromatic rings. The molecule has 2 aliphatic carbocycles. The van der Waals surface area contributed by atoms with Gasteiger partial charge in [0.15, 0.2) is 8.32 Å². The number of ether oxygens (including phenoxy) is 1. The Morgan fingerprint density at radius 1 is 0.880 bits per heavy atom. The van der Waals surface area contributed by atoms with Crippen LogP contribution in [-0.2, 0) is 15.6 Å². The molecule has 258 valence electrons. The van der Waals surface area contributed by atoms with Gasteiger partial charge in [0.05, 0.1) is 17.0 Å². The SMILES string of the molecule is CC(C)(C)[Si](C)(C)OCC1CC(n2ccc3c(N(C(=O)c4ccccc4)C4CCc5ccccc54)ncnc32)CC1OC(=O)c1ccccc1. The van der Waals surface area contributed by atoms with Gasteiger partial charge >= 0.3 is 5.97 Å². The van der Waals surface area contributed by atoms with Crippen molar-refractivity contribution < 1.29 is 18.8 Å². The molecule has 2 heterocycles. The second-order valence-electron chi connectivity index (χ2n) is 15.2. The highest BCUT2D eigenvalue weighted by molar-refractivity contribution is 6.74. The van der Waals surface area contributed by atoms with Crippen LogP contribution in [0.3, 0.4) is 0 Å². The number of carbonyl (C=O) groups excluding carboxylic acids is 2. The fraction of sp³-hybridized carbons (Fsp3) is 0.366. The summed E-state index contributed by atoms with van der Waals surface area (Å²) in [5.74, 6) is 0.220. The van der Waals surface area contributed by atoms with Crippen molar-refractivity contribution in [2.75, 3.05) is 11.5 Å². The fourth-order valence-electron chi connectivity index (χ4n) is 7.27. The number of rotatable bonds is 9. The Balaban J connectivity index is 1.23. The van der Waals surface area contributed by atoms with Crippen molar-refractivity contribution in [1.29, 1.82) is 0 Å². The van der Waals surface area contributed by atoms with Gasteiger partial charge in [-0.05, 0) is 78.9 Å². The van der Waals surface area contributed by atoms with Crippen LogP contribution in [0.25, 0.3) is 11.0 Å². The monoisotopic (exact) mass is 686 g/mol. The van der Waals surface area contributed by atoms with Crippen LogP contribution in [0.2, 0.25) is 18.1 Å². The molecule has 4 atom stereocenters. The van der Waals surface area contributed by atoms with E-state index in [-0.39, 0.29) is 41.0 Å². The molecule has 3 aromatic carbocycles. The minimum absolute atomic E-state index is 0.0160. The lowest BCUT2D eigenvalue weighted by molar-refractivity contribution is 0.0136. The van der Waals surface area contributed by atoms with Gasteiger partial charge in [0.2, 0.25) is 0 Å². The third kappa shape index (κ3) is 6.52. The molecule has 1 saturated carbocycles. The summed E-state index contributed by atoms with van der Waals surface area (Å²) < 4.78 is 15.1. The summed E-state index contributed by atoms with van der Waals surface area (Å²) >= 11 is 0. The zero-order valence-electron chi connectivity index (χ0n) is 29.6. The van der Waals surface area contributed by atoms with Gasteiger partial charge < -0.3 is 13.7 Å². The van der Waals surface area contributed by atoms with Gasteiger partial charge in [-0.3, -0.25) is 9.69 Å². The maximum Gasteiger partial charge on any atom is 0.338 e.